The normalized spacial score (nSPS) is 28.4. The van der Waals surface area contributed by atoms with E-state index in [-0.39, 0.29) is 12.0 Å². The van der Waals surface area contributed by atoms with E-state index in [0.29, 0.717) is 17.4 Å². The molecule has 20 heavy (non-hydrogen) atoms. The monoisotopic (exact) mass is 286 g/mol. The zero-order valence-electron chi connectivity index (χ0n) is 11.8. The van der Waals surface area contributed by atoms with Crippen LogP contribution in [0.1, 0.15) is 44.7 Å². The van der Waals surface area contributed by atoms with Crippen molar-refractivity contribution in [3.05, 3.63) is 35.1 Å². The van der Waals surface area contributed by atoms with Gasteiger partial charge in [-0.2, -0.15) is 0 Å². The summed E-state index contributed by atoms with van der Waals surface area (Å²) < 4.78 is 39.8. The maximum atomic E-state index is 13.4. The van der Waals surface area contributed by atoms with Gasteiger partial charge in [0, 0.05) is 6.04 Å². The van der Waals surface area contributed by atoms with Gasteiger partial charge < -0.3 is 0 Å². The molecule has 0 saturated heterocycles. The fourth-order valence-corrected chi connectivity index (χ4v) is 3.54. The summed E-state index contributed by atoms with van der Waals surface area (Å²) in [5, 5.41) is 0. The minimum atomic E-state index is -1.44. The van der Waals surface area contributed by atoms with Crippen LogP contribution in [0.4, 0.5) is 13.2 Å². The summed E-state index contributed by atoms with van der Waals surface area (Å²) in [4.78, 5) is 0. The molecule has 3 unspecified atom stereocenters. The van der Waals surface area contributed by atoms with Crippen molar-refractivity contribution in [3.63, 3.8) is 0 Å². The second kappa shape index (κ2) is 6.14. The predicted molar refractivity (Wildman–Crippen MR) is 72.0 cm³/mol. The van der Waals surface area contributed by atoms with Gasteiger partial charge in [-0.3, -0.25) is 11.3 Å². The Bertz CT molecular complexity index is 445. The summed E-state index contributed by atoms with van der Waals surface area (Å²) >= 11 is 0. The molecule has 0 heterocycles. The minimum absolute atomic E-state index is 0.197. The van der Waals surface area contributed by atoms with E-state index in [2.05, 4.69) is 19.3 Å². The van der Waals surface area contributed by atoms with Gasteiger partial charge in [0.2, 0.25) is 0 Å². The number of nitrogens with one attached hydrogen (secondary N) is 1. The number of hydrogen-bond acceptors (Lipinski definition) is 2. The van der Waals surface area contributed by atoms with Crippen LogP contribution in [0, 0.1) is 35.2 Å². The molecule has 1 aliphatic rings. The molecule has 1 saturated carbocycles. The molecular weight excluding hydrogens is 265 g/mol. The summed E-state index contributed by atoms with van der Waals surface area (Å²) in [5.41, 5.74) is 3.02. The van der Waals surface area contributed by atoms with Crippen molar-refractivity contribution in [2.24, 2.45) is 23.6 Å². The highest BCUT2D eigenvalue weighted by Gasteiger charge is 2.31. The SMILES string of the molecule is CC1CC(C)CC(C(NN)c2cc(F)c(F)c(F)c2)C1. The van der Waals surface area contributed by atoms with Gasteiger partial charge >= 0.3 is 0 Å². The van der Waals surface area contributed by atoms with E-state index < -0.39 is 17.5 Å². The van der Waals surface area contributed by atoms with Gasteiger partial charge in [-0.25, -0.2) is 13.2 Å². The maximum Gasteiger partial charge on any atom is 0.194 e. The first-order valence-corrected chi connectivity index (χ1v) is 7.03. The average Bonchev–Trinajstić information content (AvgIpc) is 2.35. The number of benzene rings is 1. The van der Waals surface area contributed by atoms with Gasteiger partial charge in [-0.1, -0.05) is 13.8 Å². The topological polar surface area (TPSA) is 38.0 Å². The Balaban J connectivity index is 2.28. The molecule has 1 aliphatic carbocycles. The Hall–Kier alpha value is -1.07. The van der Waals surface area contributed by atoms with Crippen LogP contribution in [0.25, 0.3) is 0 Å². The van der Waals surface area contributed by atoms with Gasteiger partial charge in [-0.15, -0.1) is 0 Å². The summed E-state index contributed by atoms with van der Waals surface area (Å²) in [5.74, 6) is 3.10. The molecule has 2 nitrogen and oxygen atoms in total. The molecule has 0 amide bonds. The summed E-state index contributed by atoms with van der Waals surface area (Å²) in [6, 6.07) is 1.71. The largest absolute Gasteiger partial charge is 0.271 e. The van der Waals surface area contributed by atoms with Gasteiger partial charge in [0.05, 0.1) is 0 Å². The predicted octanol–water partition coefficient (Wildman–Crippen LogP) is 3.68. The molecule has 1 aromatic rings. The first-order chi connectivity index (χ1) is 9.42. The van der Waals surface area contributed by atoms with Crippen LogP contribution in [0.3, 0.4) is 0 Å². The first-order valence-electron chi connectivity index (χ1n) is 7.03. The highest BCUT2D eigenvalue weighted by Crippen LogP contribution is 2.39. The van der Waals surface area contributed by atoms with Crippen LogP contribution in [0.15, 0.2) is 12.1 Å². The van der Waals surface area contributed by atoms with Crippen molar-refractivity contribution in [1.29, 1.82) is 0 Å². The molecule has 0 aliphatic heterocycles. The Labute approximate surface area is 117 Å². The van der Waals surface area contributed by atoms with Crippen molar-refractivity contribution < 1.29 is 13.2 Å². The summed E-state index contributed by atoms with van der Waals surface area (Å²) in [6.07, 6.45) is 3.04. The van der Waals surface area contributed by atoms with Crippen molar-refractivity contribution in [3.8, 4) is 0 Å². The molecule has 0 spiro atoms. The molecule has 0 bridgehead atoms. The Morgan fingerprint density at radius 2 is 1.55 bits per heavy atom. The lowest BCUT2D eigenvalue weighted by Crippen LogP contribution is -2.37. The lowest BCUT2D eigenvalue weighted by atomic mass is 9.72. The van der Waals surface area contributed by atoms with Gasteiger partial charge in [0.25, 0.3) is 0 Å². The van der Waals surface area contributed by atoms with E-state index in [9.17, 15) is 13.2 Å². The third-order valence-corrected chi connectivity index (χ3v) is 4.23. The highest BCUT2D eigenvalue weighted by atomic mass is 19.2. The Kier molecular flexibility index (Phi) is 4.70. The number of rotatable bonds is 3. The third-order valence-electron chi connectivity index (χ3n) is 4.23. The maximum absolute atomic E-state index is 13.4. The van der Waals surface area contributed by atoms with Crippen molar-refractivity contribution >= 4 is 0 Å². The van der Waals surface area contributed by atoms with Crippen LogP contribution in [-0.4, -0.2) is 0 Å². The quantitative estimate of drug-likeness (QED) is 0.505. The van der Waals surface area contributed by atoms with Crippen LogP contribution in [0.5, 0.6) is 0 Å². The second-order valence-corrected chi connectivity index (χ2v) is 6.12. The molecule has 3 atom stereocenters. The van der Waals surface area contributed by atoms with E-state index in [1.807, 2.05) is 0 Å². The van der Waals surface area contributed by atoms with Gasteiger partial charge in [-0.05, 0) is 54.7 Å². The molecule has 2 rings (SSSR count). The molecule has 112 valence electrons. The van der Waals surface area contributed by atoms with E-state index in [1.165, 1.54) is 0 Å². The lowest BCUT2D eigenvalue weighted by Gasteiger charge is -2.36. The average molecular weight is 286 g/mol. The first kappa shape index (κ1) is 15.3. The van der Waals surface area contributed by atoms with Gasteiger partial charge in [0.15, 0.2) is 17.5 Å². The number of halogens is 3. The molecule has 0 radical (unpaired) electrons. The fraction of sp³-hybridized carbons (Fsp3) is 0.600. The standard InChI is InChI=1S/C15H21F3N2/c1-8-3-9(2)5-10(4-8)15(20-19)11-6-12(16)14(18)13(17)7-11/h6-10,15,20H,3-5,19H2,1-2H3. The van der Waals surface area contributed by atoms with Gasteiger partial charge in [0.1, 0.15) is 0 Å². The highest BCUT2D eigenvalue weighted by molar-refractivity contribution is 5.23. The molecule has 1 fully saturated rings. The van der Waals surface area contributed by atoms with Crippen LogP contribution >= 0.6 is 0 Å². The number of hydrogen-bond donors (Lipinski definition) is 2. The van der Waals surface area contributed by atoms with Crippen molar-refractivity contribution in [2.45, 2.75) is 39.2 Å². The third kappa shape index (κ3) is 3.15. The fourth-order valence-electron chi connectivity index (χ4n) is 3.54. The molecule has 1 aromatic carbocycles. The minimum Gasteiger partial charge on any atom is -0.271 e. The van der Waals surface area contributed by atoms with Crippen molar-refractivity contribution in [2.75, 3.05) is 0 Å². The smallest absolute Gasteiger partial charge is 0.194 e. The Morgan fingerprint density at radius 1 is 1.05 bits per heavy atom. The Morgan fingerprint density at radius 3 is 2.00 bits per heavy atom. The zero-order valence-corrected chi connectivity index (χ0v) is 11.8. The molecular formula is C15H21F3N2. The van der Waals surface area contributed by atoms with E-state index in [0.717, 1.165) is 31.4 Å². The van der Waals surface area contributed by atoms with E-state index >= 15 is 0 Å². The van der Waals surface area contributed by atoms with E-state index in [4.69, 9.17) is 5.84 Å². The number of nitrogens with two attached hydrogens (primary N) is 1. The summed E-state index contributed by atoms with van der Waals surface area (Å²) in [7, 11) is 0. The molecule has 3 N–H and O–H groups in total. The van der Waals surface area contributed by atoms with Crippen LogP contribution < -0.4 is 11.3 Å². The van der Waals surface area contributed by atoms with Crippen LogP contribution in [-0.2, 0) is 0 Å². The lowest BCUT2D eigenvalue weighted by molar-refractivity contribution is 0.176. The van der Waals surface area contributed by atoms with Crippen LogP contribution in [0.2, 0.25) is 0 Å². The zero-order chi connectivity index (χ0) is 14.9. The number of hydrazine groups is 1. The molecule has 0 aromatic heterocycles. The second-order valence-electron chi connectivity index (χ2n) is 6.12. The summed E-state index contributed by atoms with van der Waals surface area (Å²) in [6.45, 7) is 4.34. The van der Waals surface area contributed by atoms with Crippen molar-refractivity contribution in [1.82, 2.24) is 5.43 Å². The molecule has 5 heteroatoms. The van der Waals surface area contributed by atoms with E-state index in [1.54, 1.807) is 0 Å².